The minimum Gasteiger partial charge on any atom is -0.495 e. The molecule has 0 heterocycles. The molecule has 180 valence electrons. The quantitative estimate of drug-likeness (QED) is 0.413. The Labute approximate surface area is 203 Å². The second kappa shape index (κ2) is 10.1. The van der Waals surface area contributed by atoms with Crippen molar-refractivity contribution >= 4 is 50.5 Å². The van der Waals surface area contributed by atoms with Crippen LogP contribution in [-0.2, 0) is 21.0 Å². The number of ether oxygens (including phenoxy) is 1. The summed E-state index contributed by atoms with van der Waals surface area (Å²) < 4.78 is 72.0. The molecule has 3 aromatic carbocycles. The van der Waals surface area contributed by atoms with Crippen LogP contribution in [0.5, 0.6) is 5.75 Å². The number of carbonyl (C=O) groups excluding carboxylic acids is 1. The van der Waals surface area contributed by atoms with Crippen molar-refractivity contribution in [1.82, 2.24) is 0 Å². The van der Waals surface area contributed by atoms with Gasteiger partial charge in [-0.2, -0.15) is 13.2 Å². The van der Waals surface area contributed by atoms with Gasteiger partial charge in [-0.25, -0.2) is 8.42 Å². The van der Waals surface area contributed by atoms with Gasteiger partial charge in [0, 0.05) is 5.02 Å². The Bertz CT molecular complexity index is 1300. The fraction of sp³-hybridized carbons (Fsp3) is 0.136. The van der Waals surface area contributed by atoms with Gasteiger partial charge in [0.05, 0.1) is 34.0 Å². The second-order valence-corrected chi connectivity index (χ2v) is 9.59. The van der Waals surface area contributed by atoms with E-state index in [-0.39, 0.29) is 32.1 Å². The van der Waals surface area contributed by atoms with Gasteiger partial charge in [0.2, 0.25) is 5.91 Å². The van der Waals surface area contributed by atoms with Crippen molar-refractivity contribution in [3.05, 3.63) is 82.3 Å². The monoisotopic (exact) mass is 532 g/mol. The number of anilines is 2. The number of halogens is 5. The Kier molecular flexibility index (Phi) is 7.64. The lowest BCUT2D eigenvalue weighted by atomic mass is 10.2. The van der Waals surface area contributed by atoms with E-state index in [1.54, 1.807) is 6.07 Å². The summed E-state index contributed by atoms with van der Waals surface area (Å²) in [5.74, 6) is -0.837. The first-order valence-corrected chi connectivity index (χ1v) is 11.7. The highest BCUT2D eigenvalue weighted by molar-refractivity contribution is 7.92. The van der Waals surface area contributed by atoms with Crippen molar-refractivity contribution in [3.8, 4) is 5.75 Å². The summed E-state index contributed by atoms with van der Waals surface area (Å²) in [5.41, 5.74) is -1.39. The number of benzene rings is 3. The largest absolute Gasteiger partial charge is 0.495 e. The summed E-state index contributed by atoms with van der Waals surface area (Å²) in [7, 11) is -3.00. The van der Waals surface area contributed by atoms with Crippen LogP contribution < -0.4 is 14.4 Å². The van der Waals surface area contributed by atoms with Crippen LogP contribution >= 0.6 is 23.2 Å². The fourth-order valence-corrected chi connectivity index (χ4v) is 4.77. The van der Waals surface area contributed by atoms with Crippen molar-refractivity contribution in [2.24, 2.45) is 0 Å². The van der Waals surface area contributed by atoms with Gasteiger partial charge in [0.1, 0.15) is 12.3 Å². The van der Waals surface area contributed by atoms with Crippen molar-refractivity contribution in [2.45, 2.75) is 11.1 Å². The third kappa shape index (κ3) is 5.75. The Morgan fingerprint density at radius 2 is 1.71 bits per heavy atom. The lowest BCUT2D eigenvalue weighted by Crippen LogP contribution is -2.38. The van der Waals surface area contributed by atoms with Crippen molar-refractivity contribution in [2.75, 3.05) is 23.3 Å². The standard InChI is InChI=1S/C22H17Cl2F3N2O4S/c1-33-20-10-8-15(23)12-19(20)29(34(31,32)16-5-3-2-4-6-16)13-21(30)28-18-11-14(22(25,26)27)7-9-17(18)24/h2-12H,13H2,1H3,(H,28,30). The highest BCUT2D eigenvalue weighted by Gasteiger charge is 2.32. The smallest absolute Gasteiger partial charge is 0.416 e. The first kappa shape index (κ1) is 25.7. The molecule has 0 saturated carbocycles. The van der Waals surface area contributed by atoms with Gasteiger partial charge in [-0.3, -0.25) is 9.10 Å². The summed E-state index contributed by atoms with van der Waals surface area (Å²) >= 11 is 12.0. The summed E-state index contributed by atoms with van der Waals surface area (Å²) in [4.78, 5) is 12.7. The summed E-state index contributed by atoms with van der Waals surface area (Å²) in [6.45, 7) is -0.805. The molecular weight excluding hydrogens is 516 g/mol. The summed E-state index contributed by atoms with van der Waals surface area (Å²) in [5, 5.41) is 2.27. The molecule has 0 aliphatic heterocycles. The number of carbonyl (C=O) groups is 1. The molecule has 0 bridgehead atoms. The molecule has 0 spiro atoms. The van der Waals surface area contributed by atoms with Crippen LogP contribution in [0.15, 0.2) is 71.6 Å². The van der Waals surface area contributed by atoms with Crippen LogP contribution in [0.4, 0.5) is 24.5 Å². The molecule has 0 atom stereocenters. The third-order valence-corrected chi connectivity index (χ3v) is 6.93. The van der Waals surface area contributed by atoms with Crippen LogP contribution in [0.1, 0.15) is 5.56 Å². The molecule has 0 saturated heterocycles. The number of hydrogen-bond donors (Lipinski definition) is 1. The van der Waals surface area contributed by atoms with Crippen molar-refractivity contribution < 1.29 is 31.1 Å². The van der Waals surface area contributed by atoms with Crippen LogP contribution in [0.2, 0.25) is 10.0 Å². The summed E-state index contributed by atoms with van der Waals surface area (Å²) in [6, 6.07) is 13.9. The normalized spacial score (nSPS) is 11.7. The van der Waals surface area contributed by atoms with E-state index in [1.807, 2.05) is 0 Å². The van der Waals surface area contributed by atoms with Crippen molar-refractivity contribution in [3.63, 3.8) is 0 Å². The molecule has 3 aromatic rings. The molecule has 6 nitrogen and oxygen atoms in total. The van der Waals surface area contributed by atoms with E-state index >= 15 is 0 Å². The van der Waals surface area contributed by atoms with Gasteiger partial charge in [-0.1, -0.05) is 41.4 Å². The number of nitrogens with zero attached hydrogens (tertiary/aromatic N) is 1. The zero-order chi connectivity index (χ0) is 25.1. The first-order valence-electron chi connectivity index (χ1n) is 9.51. The fourth-order valence-electron chi connectivity index (χ4n) is 2.99. The van der Waals surface area contributed by atoms with E-state index in [4.69, 9.17) is 27.9 Å². The van der Waals surface area contributed by atoms with Crippen molar-refractivity contribution in [1.29, 1.82) is 0 Å². The van der Waals surface area contributed by atoms with Gasteiger partial charge in [0.25, 0.3) is 10.0 Å². The van der Waals surface area contributed by atoms with Gasteiger partial charge < -0.3 is 10.1 Å². The van der Waals surface area contributed by atoms with E-state index in [0.717, 1.165) is 16.4 Å². The minimum atomic E-state index is -4.67. The lowest BCUT2D eigenvalue weighted by Gasteiger charge is -2.26. The number of amides is 1. The number of sulfonamides is 1. The van der Waals surface area contributed by atoms with Crippen LogP contribution in [0.3, 0.4) is 0 Å². The van der Waals surface area contributed by atoms with E-state index < -0.39 is 34.2 Å². The molecule has 0 unspecified atom stereocenters. The zero-order valence-corrected chi connectivity index (χ0v) is 19.8. The SMILES string of the molecule is COc1ccc(Cl)cc1N(CC(=O)Nc1cc(C(F)(F)F)ccc1Cl)S(=O)(=O)c1ccccc1. The maximum absolute atomic E-state index is 13.4. The average Bonchev–Trinajstić information content (AvgIpc) is 2.78. The number of rotatable bonds is 7. The number of hydrogen-bond acceptors (Lipinski definition) is 4. The Morgan fingerprint density at radius 1 is 1.03 bits per heavy atom. The molecule has 0 radical (unpaired) electrons. The van der Waals surface area contributed by atoms with Gasteiger partial charge >= 0.3 is 6.18 Å². The average molecular weight is 533 g/mol. The van der Waals surface area contributed by atoms with Gasteiger partial charge in [-0.15, -0.1) is 0 Å². The van der Waals surface area contributed by atoms with Gasteiger partial charge in [-0.05, 0) is 48.5 Å². The Hall–Kier alpha value is -2.95. The lowest BCUT2D eigenvalue weighted by molar-refractivity contribution is -0.137. The molecule has 3 rings (SSSR count). The first-order chi connectivity index (χ1) is 15.9. The number of nitrogens with one attached hydrogen (secondary N) is 1. The minimum absolute atomic E-state index is 0.0378. The predicted molar refractivity (Wildman–Crippen MR) is 124 cm³/mol. The van der Waals surface area contributed by atoms with E-state index in [1.165, 1.54) is 49.6 Å². The van der Waals surface area contributed by atoms with E-state index in [9.17, 15) is 26.4 Å². The molecule has 0 aromatic heterocycles. The maximum Gasteiger partial charge on any atom is 0.416 e. The van der Waals surface area contributed by atoms with E-state index in [0.29, 0.717) is 6.07 Å². The molecule has 0 fully saturated rings. The topological polar surface area (TPSA) is 75.7 Å². The molecule has 34 heavy (non-hydrogen) atoms. The van der Waals surface area contributed by atoms with Crippen LogP contribution in [-0.4, -0.2) is 28.0 Å². The highest BCUT2D eigenvalue weighted by Crippen LogP contribution is 2.36. The third-order valence-electron chi connectivity index (χ3n) is 4.60. The Balaban J connectivity index is 2.02. The molecule has 12 heteroatoms. The van der Waals surface area contributed by atoms with Crippen LogP contribution in [0, 0.1) is 0 Å². The second-order valence-electron chi connectivity index (χ2n) is 6.88. The number of alkyl halides is 3. The Morgan fingerprint density at radius 3 is 2.32 bits per heavy atom. The van der Waals surface area contributed by atoms with Gasteiger partial charge in [0.15, 0.2) is 0 Å². The molecule has 0 aliphatic carbocycles. The predicted octanol–water partition coefficient (Wildman–Crippen LogP) is 5.85. The highest BCUT2D eigenvalue weighted by atomic mass is 35.5. The molecule has 1 amide bonds. The molecular formula is C22H17Cl2F3N2O4S. The number of methoxy groups -OCH3 is 1. The van der Waals surface area contributed by atoms with E-state index in [2.05, 4.69) is 5.32 Å². The maximum atomic E-state index is 13.4. The summed E-state index contributed by atoms with van der Waals surface area (Å²) in [6.07, 6.45) is -4.67. The zero-order valence-electron chi connectivity index (χ0n) is 17.4. The molecule has 1 N–H and O–H groups in total. The molecule has 0 aliphatic rings. The van der Waals surface area contributed by atoms with Crippen LogP contribution in [0.25, 0.3) is 0 Å².